The average molecular weight is 1030 g/mol. The molecule has 2 aromatic rings. The maximum Gasteiger partial charge on any atom is 0.326 e. The van der Waals surface area contributed by atoms with Crippen LogP contribution in [0.15, 0.2) is 59.6 Å². The van der Waals surface area contributed by atoms with Gasteiger partial charge in [-0.3, -0.25) is 48.1 Å². The number of benzene rings is 2. The summed E-state index contributed by atoms with van der Waals surface area (Å²) in [6.07, 6.45) is -1.38. The van der Waals surface area contributed by atoms with Crippen molar-refractivity contribution >= 4 is 86.7 Å². The summed E-state index contributed by atoms with van der Waals surface area (Å²) < 4.78 is 0. The number of phenolic OH excluding ortho intramolecular Hbond substituents is 1. The molecule has 27 heteroatoms. The van der Waals surface area contributed by atoms with Crippen LogP contribution in [0.25, 0.3) is 0 Å². The summed E-state index contributed by atoms with van der Waals surface area (Å²) in [4.78, 5) is 140. The molecule has 9 amide bonds. The van der Waals surface area contributed by atoms with Gasteiger partial charge in [-0.1, -0.05) is 64.1 Å². The molecule has 0 bridgehead atoms. The molecule has 2 aliphatic heterocycles. The monoisotopic (exact) mass is 1030 g/mol. The molecular formula is C44H61N13O12S2. The first-order valence-electron chi connectivity index (χ1n) is 22.5. The van der Waals surface area contributed by atoms with E-state index in [-0.39, 0.29) is 68.4 Å². The minimum absolute atomic E-state index is 0.0151. The minimum atomic E-state index is -1.78. The number of carboxylic acid groups (broad SMARTS) is 1. The largest absolute Gasteiger partial charge is 0.508 e. The molecule has 0 radical (unpaired) electrons. The number of carbonyl (C=O) groups excluding carboxylic acids is 9. The summed E-state index contributed by atoms with van der Waals surface area (Å²) in [5, 5.41) is 34.9. The Bertz CT molecular complexity index is 2270. The Labute approximate surface area is 416 Å². The highest BCUT2D eigenvalue weighted by Gasteiger charge is 2.40. The van der Waals surface area contributed by atoms with Gasteiger partial charge >= 0.3 is 5.97 Å². The van der Waals surface area contributed by atoms with Crippen molar-refractivity contribution in [1.82, 2.24) is 36.8 Å². The maximum absolute atomic E-state index is 14.4. The zero-order valence-electron chi connectivity index (χ0n) is 38.6. The van der Waals surface area contributed by atoms with Gasteiger partial charge in [-0.2, -0.15) is 0 Å². The fourth-order valence-corrected chi connectivity index (χ4v) is 9.77. The molecule has 2 fully saturated rings. The number of phenols is 1. The van der Waals surface area contributed by atoms with E-state index >= 15 is 0 Å². The molecule has 8 atom stereocenters. The van der Waals surface area contributed by atoms with E-state index < -0.39 is 127 Å². The van der Waals surface area contributed by atoms with Crippen LogP contribution in [0, 0.1) is 0 Å². The summed E-state index contributed by atoms with van der Waals surface area (Å²) in [6.45, 7) is 0.109. The van der Waals surface area contributed by atoms with E-state index in [1.54, 1.807) is 30.3 Å². The van der Waals surface area contributed by atoms with E-state index in [2.05, 4.69) is 36.9 Å². The normalized spacial score (nSPS) is 23.3. The van der Waals surface area contributed by atoms with E-state index in [4.69, 9.17) is 28.7 Å². The lowest BCUT2D eigenvalue weighted by Crippen LogP contribution is -2.61. The van der Waals surface area contributed by atoms with E-state index in [1.807, 2.05) is 0 Å². The van der Waals surface area contributed by atoms with Crippen LogP contribution < -0.4 is 60.6 Å². The minimum Gasteiger partial charge on any atom is -0.508 e. The molecule has 2 aromatic carbocycles. The lowest BCUT2D eigenvalue weighted by atomic mass is 10.0. The first-order valence-corrected chi connectivity index (χ1v) is 25.0. The smallest absolute Gasteiger partial charge is 0.326 e. The number of aromatic hydroxyl groups is 1. The lowest BCUT2D eigenvalue weighted by molar-refractivity contribution is -0.145. The van der Waals surface area contributed by atoms with Crippen LogP contribution in [0.4, 0.5) is 0 Å². The summed E-state index contributed by atoms with van der Waals surface area (Å²) in [6, 6.07) is 2.78. The molecule has 0 aromatic heterocycles. The first-order chi connectivity index (χ1) is 33.7. The summed E-state index contributed by atoms with van der Waals surface area (Å²) in [5.74, 6) is -10.2. The van der Waals surface area contributed by atoms with Gasteiger partial charge in [0.1, 0.15) is 48.0 Å². The number of nitrogens with two attached hydrogens (primary N) is 5. The Balaban J connectivity index is 1.70. The molecular weight excluding hydrogens is 967 g/mol. The summed E-state index contributed by atoms with van der Waals surface area (Å²) in [7, 11) is 2.00. The number of hydrogen-bond donors (Lipinski definition) is 13. The Kier molecular flexibility index (Phi) is 22.2. The Morgan fingerprint density at radius 3 is 1.90 bits per heavy atom. The number of nitrogens with zero attached hydrogens (tertiary/aromatic N) is 2. The van der Waals surface area contributed by atoms with Crippen LogP contribution in [-0.2, 0) is 60.8 Å². The van der Waals surface area contributed by atoms with Gasteiger partial charge < -0.3 is 75.7 Å². The molecule has 0 spiro atoms. The van der Waals surface area contributed by atoms with Crippen molar-refractivity contribution in [2.75, 3.05) is 24.6 Å². The number of aliphatic carboxylic acids is 1. The number of nitrogens with one attached hydrogen (secondary N) is 6. The molecule has 2 unspecified atom stereocenters. The van der Waals surface area contributed by atoms with Gasteiger partial charge in [0.05, 0.1) is 12.5 Å². The van der Waals surface area contributed by atoms with Crippen molar-refractivity contribution < 1.29 is 58.2 Å². The fourth-order valence-electron chi connectivity index (χ4n) is 7.49. The molecule has 4 rings (SSSR count). The highest BCUT2D eigenvalue weighted by molar-refractivity contribution is 8.76. The average Bonchev–Trinajstić information content (AvgIpc) is 3.82. The van der Waals surface area contributed by atoms with Gasteiger partial charge in [-0.25, -0.2) is 4.79 Å². The molecule has 0 saturated carbocycles. The molecule has 25 nitrogen and oxygen atoms in total. The maximum atomic E-state index is 14.4. The quantitative estimate of drug-likeness (QED) is 0.0312. The van der Waals surface area contributed by atoms with Gasteiger partial charge in [-0.05, 0) is 55.4 Å². The molecule has 386 valence electrons. The van der Waals surface area contributed by atoms with Crippen molar-refractivity contribution in [2.24, 2.45) is 33.7 Å². The second-order valence-corrected chi connectivity index (χ2v) is 19.3. The number of likely N-dealkylation sites (tertiary alicyclic amines) is 1. The number of aliphatic imine (C=N–C) groups is 1. The molecule has 2 saturated heterocycles. The topological polar surface area (TPSA) is 429 Å². The second-order valence-electron chi connectivity index (χ2n) is 16.8. The van der Waals surface area contributed by atoms with Crippen LogP contribution in [0.2, 0.25) is 0 Å². The van der Waals surface area contributed by atoms with Crippen molar-refractivity contribution in [1.29, 1.82) is 0 Å². The molecule has 0 aliphatic carbocycles. The third-order valence-electron chi connectivity index (χ3n) is 11.2. The van der Waals surface area contributed by atoms with Crippen molar-refractivity contribution in [3.63, 3.8) is 0 Å². The van der Waals surface area contributed by atoms with Crippen LogP contribution in [-0.4, -0.2) is 153 Å². The highest BCUT2D eigenvalue weighted by atomic mass is 33.1. The number of amides is 9. The molecule has 71 heavy (non-hydrogen) atoms. The van der Waals surface area contributed by atoms with Crippen molar-refractivity contribution in [2.45, 2.75) is 106 Å². The third-order valence-corrected chi connectivity index (χ3v) is 13.6. The number of primary amides is 2. The zero-order valence-corrected chi connectivity index (χ0v) is 40.2. The number of hydrogen-bond acceptors (Lipinski definition) is 15. The van der Waals surface area contributed by atoms with E-state index in [9.17, 15) is 58.2 Å². The third kappa shape index (κ3) is 18.6. The van der Waals surface area contributed by atoms with Gasteiger partial charge in [0.2, 0.25) is 53.2 Å². The summed E-state index contributed by atoms with van der Waals surface area (Å²) >= 11 is 0. The predicted molar refractivity (Wildman–Crippen MR) is 261 cm³/mol. The Morgan fingerprint density at radius 2 is 1.30 bits per heavy atom. The highest BCUT2D eigenvalue weighted by Crippen LogP contribution is 2.26. The standard InChI is InChI=1S/C44H61N13O12S2/c45-26-21-70-71-22-32(42(67)57-17-5-9-33(57)41(66)52-28(43(68)69)8-4-16-50-44(48)49)56-40(65)31(20-35(47)60)55-37(62)27(14-15-34(46)59)51-38(63)30(18-23-6-2-1-3-7-23)54-39(64)29(53-36(26)61)19-24-10-12-25(58)13-11-24/h1-3,6-7,10-13,26-33,58H,4-5,8-9,14-22,45H2,(H2,46,59)(H2,47,60)(H,51,63)(H,52,66)(H,53,61)(H,54,64)(H,55,62)(H,56,65)(H,68,69)(H4,48,49,50)/t26-,27-,28-,29?,30-,31?,32-,33-/m0/s1. The number of rotatable bonds is 17. The molecule has 2 aliphatic rings. The van der Waals surface area contributed by atoms with Gasteiger partial charge in [-0.15, -0.1) is 0 Å². The molecule has 18 N–H and O–H groups in total. The SMILES string of the molecule is NC(=O)CC[C@@H]1NC(=O)[C@H](Cc2ccccc2)NC(=O)C(Cc2ccc(O)cc2)NC(=O)[C@@H](N)CSSC[C@@H](C(=O)N2CCC[C@H]2C(=O)N[C@@H](CCCN=C(N)N)C(=O)O)NC(=O)C(CC(N)=O)NC1=O. The van der Waals surface area contributed by atoms with Crippen LogP contribution >= 0.6 is 21.6 Å². The van der Waals surface area contributed by atoms with Gasteiger partial charge in [0.25, 0.3) is 0 Å². The van der Waals surface area contributed by atoms with Crippen molar-refractivity contribution in [3.05, 3.63) is 65.7 Å². The van der Waals surface area contributed by atoms with E-state index in [0.29, 0.717) is 17.5 Å². The van der Waals surface area contributed by atoms with Crippen LogP contribution in [0.3, 0.4) is 0 Å². The van der Waals surface area contributed by atoms with Crippen molar-refractivity contribution in [3.8, 4) is 5.75 Å². The predicted octanol–water partition coefficient (Wildman–Crippen LogP) is -3.92. The first kappa shape index (κ1) is 56.5. The number of guanidine groups is 1. The van der Waals surface area contributed by atoms with Gasteiger partial charge in [0.15, 0.2) is 5.96 Å². The van der Waals surface area contributed by atoms with Crippen LogP contribution in [0.5, 0.6) is 5.75 Å². The fraction of sp³-hybridized carbons (Fsp3) is 0.477. The van der Waals surface area contributed by atoms with E-state index in [0.717, 1.165) is 21.6 Å². The second kappa shape index (κ2) is 27.9. The van der Waals surface area contributed by atoms with Crippen LogP contribution in [0.1, 0.15) is 56.1 Å². The lowest BCUT2D eigenvalue weighted by Gasteiger charge is -2.30. The number of carbonyl (C=O) groups is 10. The zero-order chi connectivity index (χ0) is 52.2. The summed E-state index contributed by atoms with van der Waals surface area (Å²) in [5.41, 5.74) is 29.0. The van der Waals surface area contributed by atoms with Gasteiger partial charge in [0, 0.05) is 43.9 Å². The Hall–Kier alpha value is -7.13. The number of carboxylic acids is 1. The van der Waals surface area contributed by atoms with E-state index in [1.165, 1.54) is 29.2 Å². The molecule has 2 heterocycles. The Morgan fingerprint density at radius 1 is 0.732 bits per heavy atom.